The van der Waals surface area contributed by atoms with Gasteiger partial charge in [0.25, 0.3) is 0 Å². The van der Waals surface area contributed by atoms with E-state index in [-0.39, 0.29) is 11.9 Å². The van der Waals surface area contributed by atoms with Crippen LogP contribution >= 0.6 is 0 Å². The van der Waals surface area contributed by atoms with E-state index in [9.17, 15) is 9.59 Å². The number of ether oxygens (including phenoxy) is 2. The molecule has 0 fully saturated rings. The van der Waals surface area contributed by atoms with Crippen LogP contribution in [0.15, 0.2) is 48.8 Å². The van der Waals surface area contributed by atoms with Crippen LogP contribution in [-0.2, 0) is 19.1 Å². The number of hydrogen-bond acceptors (Lipinski definition) is 6. The summed E-state index contributed by atoms with van der Waals surface area (Å²) in [5, 5.41) is 0. The summed E-state index contributed by atoms with van der Waals surface area (Å²) in [5.41, 5.74) is 3.05. The van der Waals surface area contributed by atoms with Gasteiger partial charge in [-0.15, -0.1) is 0 Å². The molecule has 0 N–H and O–H groups in total. The van der Waals surface area contributed by atoms with Crippen LogP contribution in [0.4, 0.5) is 0 Å². The number of esters is 2. The summed E-state index contributed by atoms with van der Waals surface area (Å²) in [6.45, 7) is 5.21. The lowest BCUT2D eigenvalue weighted by molar-refractivity contribution is -0.138. The van der Waals surface area contributed by atoms with Crippen molar-refractivity contribution in [1.82, 2.24) is 9.97 Å². The molecule has 182 valence electrons. The molecule has 0 aromatic carbocycles. The highest BCUT2D eigenvalue weighted by atomic mass is 16.5. The van der Waals surface area contributed by atoms with Crippen molar-refractivity contribution < 1.29 is 19.1 Å². The van der Waals surface area contributed by atoms with Crippen LogP contribution in [0.5, 0.6) is 0 Å². The molecule has 0 aliphatic carbocycles. The molecule has 34 heavy (non-hydrogen) atoms. The van der Waals surface area contributed by atoms with Crippen molar-refractivity contribution in [3.8, 4) is 11.4 Å². The van der Waals surface area contributed by atoms with Crippen LogP contribution in [-0.4, -0.2) is 35.1 Å². The summed E-state index contributed by atoms with van der Waals surface area (Å²) in [5.74, 6) is -0.683. The molecule has 2 aromatic rings. The molecule has 6 nitrogen and oxygen atoms in total. The first kappa shape index (κ1) is 27.0. The van der Waals surface area contributed by atoms with Crippen molar-refractivity contribution in [2.45, 2.75) is 65.2 Å². The Hall–Kier alpha value is -3.28. The molecule has 0 atom stereocenters. The summed E-state index contributed by atoms with van der Waals surface area (Å²) in [7, 11) is 0. The molecule has 0 saturated carbocycles. The predicted octanol–water partition coefficient (Wildman–Crippen LogP) is 6.42. The van der Waals surface area contributed by atoms with E-state index in [1.807, 2.05) is 24.3 Å². The Balaban J connectivity index is 1.80. The number of hydrogen-bond donors (Lipinski definition) is 0. The van der Waals surface area contributed by atoms with E-state index in [1.54, 1.807) is 24.5 Å². The van der Waals surface area contributed by atoms with Gasteiger partial charge in [-0.3, -0.25) is 9.97 Å². The summed E-state index contributed by atoms with van der Waals surface area (Å²) in [6.07, 6.45) is 18.2. The topological polar surface area (TPSA) is 78.4 Å². The highest BCUT2D eigenvalue weighted by Crippen LogP contribution is 2.16. The minimum Gasteiger partial charge on any atom is -0.463 e. The average Bonchev–Trinajstić information content (AvgIpc) is 2.86. The fourth-order valence-corrected chi connectivity index (χ4v) is 3.14. The van der Waals surface area contributed by atoms with Gasteiger partial charge in [0.15, 0.2) is 0 Å². The second kappa shape index (κ2) is 16.4. The molecule has 2 aromatic heterocycles. The van der Waals surface area contributed by atoms with Gasteiger partial charge in [-0.25, -0.2) is 9.59 Å². The Morgan fingerprint density at radius 3 is 1.47 bits per heavy atom. The molecule has 2 rings (SSSR count). The van der Waals surface area contributed by atoms with Gasteiger partial charge in [0.2, 0.25) is 0 Å². The van der Waals surface area contributed by atoms with Crippen LogP contribution in [0.3, 0.4) is 0 Å². The Morgan fingerprint density at radius 2 is 1.12 bits per heavy atom. The highest BCUT2D eigenvalue weighted by molar-refractivity contribution is 5.87. The zero-order chi connectivity index (χ0) is 24.4. The van der Waals surface area contributed by atoms with Gasteiger partial charge >= 0.3 is 11.9 Å². The van der Waals surface area contributed by atoms with Gasteiger partial charge in [0, 0.05) is 24.5 Å². The second-order valence-corrected chi connectivity index (χ2v) is 8.08. The third-order valence-corrected chi connectivity index (χ3v) is 5.14. The first-order valence-corrected chi connectivity index (χ1v) is 12.2. The van der Waals surface area contributed by atoms with Crippen molar-refractivity contribution >= 4 is 24.1 Å². The zero-order valence-corrected chi connectivity index (χ0v) is 20.4. The van der Waals surface area contributed by atoms with E-state index in [2.05, 4.69) is 23.8 Å². The Bertz CT molecular complexity index is 841. The van der Waals surface area contributed by atoms with Crippen molar-refractivity contribution in [1.29, 1.82) is 0 Å². The van der Waals surface area contributed by atoms with Crippen molar-refractivity contribution in [2.24, 2.45) is 0 Å². The van der Waals surface area contributed by atoms with Crippen LogP contribution in [0.2, 0.25) is 0 Å². The molecule has 0 radical (unpaired) electrons. The molecule has 0 saturated heterocycles. The molecule has 0 amide bonds. The maximum atomic E-state index is 11.8. The number of aromatic nitrogens is 2. The predicted molar refractivity (Wildman–Crippen MR) is 136 cm³/mol. The Morgan fingerprint density at radius 1 is 0.676 bits per heavy atom. The minimum absolute atomic E-state index is 0.341. The van der Waals surface area contributed by atoms with Gasteiger partial charge in [-0.1, -0.05) is 64.5 Å². The Labute approximate surface area is 203 Å². The van der Waals surface area contributed by atoms with Gasteiger partial charge in [0.1, 0.15) is 0 Å². The summed E-state index contributed by atoms with van der Waals surface area (Å²) in [6, 6.07) is 7.45. The fourth-order valence-electron chi connectivity index (χ4n) is 3.14. The van der Waals surface area contributed by atoms with Crippen LogP contribution in [0, 0.1) is 0 Å². The van der Waals surface area contributed by atoms with Gasteiger partial charge in [-0.2, -0.15) is 0 Å². The van der Waals surface area contributed by atoms with Crippen molar-refractivity contribution in [2.75, 3.05) is 13.2 Å². The third kappa shape index (κ3) is 11.0. The molecule has 0 bridgehead atoms. The standard InChI is InChI=1S/C28H36N2O4/c1-3-5-7-9-19-33-27(31)17-13-23-11-15-25(29-21-23)26-16-12-24(22-30-26)14-18-28(32)34-20-10-8-6-4-2/h11-18,21-22H,3-10,19-20H2,1-2H3/b17-13+,18-14+. The lowest BCUT2D eigenvalue weighted by atomic mass is 10.1. The number of carbonyl (C=O) groups excluding carboxylic acids is 2. The lowest BCUT2D eigenvalue weighted by Crippen LogP contribution is -2.02. The average molecular weight is 465 g/mol. The summed E-state index contributed by atoms with van der Waals surface area (Å²) in [4.78, 5) is 32.4. The minimum atomic E-state index is -0.341. The van der Waals surface area contributed by atoms with Crippen LogP contribution in [0.25, 0.3) is 23.5 Å². The maximum absolute atomic E-state index is 11.8. The van der Waals surface area contributed by atoms with Crippen LogP contribution < -0.4 is 0 Å². The first-order chi connectivity index (χ1) is 16.6. The lowest BCUT2D eigenvalue weighted by Gasteiger charge is -2.03. The van der Waals surface area contributed by atoms with E-state index in [0.717, 1.165) is 73.9 Å². The molecule has 2 heterocycles. The SMILES string of the molecule is CCCCCCOC(=O)/C=C/c1ccc(-c2ccc(/C=C/C(=O)OCCCCCC)cn2)nc1. The normalized spacial score (nSPS) is 11.2. The third-order valence-electron chi connectivity index (χ3n) is 5.14. The molecular formula is C28H36N2O4. The second-order valence-electron chi connectivity index (χ2n) is 8.08. The van der Waals surface area contributed by atoms with Gasteiger partial charge < -0.3 is 9.47 Å². The number of pyridine rings is 2. The van der Waals surface area contributed by atoms with E-state index < -0.39 is 0 Å². The molecule has 0 aliphatic rings. The smallest absolute Gasteiger partial charge is 0.330 e. The van der Waals surface area contributed by atoms with Gasteiger partial charge in [0.05, 0.1) is 24.6 Å². The van der Waals surface area contributed by atoms with Crippen molar-refractivity contribution in [3.63, 3.8) is 0 Å². The van der Waals surface area contributed by atoms with Crippen LogP contribution in [0.1, 0.15) is 76.3 Å². The summed E-state index contributed by atoms with van der Waals surface area (Å²) >= 11 is 0. The van der Waals surface area contributed by atoms with E-state index in [1.165, 1.54) is 12.2 Å². The Kier molecular flexibility index (Phi) is 13.0. The number of unbranched alkanes of at least 4 members (excludes halogenated alkanes) is 6. The monoisotopic (exact) mass is 464 g/mol. The first-order valence-electron chi connectivity index (χ1n) is 12.2. The van der Waals surface area contributed by atoms with Gasteiger partial charge in [-0.05, 0) is 48.3 Å². The maximum Gasteiger partial charge on any atom is 0.330 e. The summed E-state index contributed by atoms with van der Waals surface area (Å²) < 4.78 is 10.4. The largest absolute Gasteiger partial charge is 0.463 e. The van der Waals surface area contributed by atoms with E-state index in [4.69, 9.17) is 9.47 Å². The molecule has 0 unspecified atom stereocenters. The highest BCUT2D eigenvalue weighted by Gasteiger charge is 2.03. The molecule has 6 heteroatoms. The van der Waals surface area contributed by atoms with Crippen molar-refractivity contribution in [3.05, 3.63) is 59.9 Å². The fraction of sp³-hybridized carbons (Fsp3) is 0.429. The number of nitrogens with zero attached hydrogens (tertiary/aromatic N) is 2. The van der Waals surface area contributed by atoms with E-state index >= 15 is 0 Å². The molecule has 0 spiro atoms. The number of rotatable bonds is 15. The number of carbonyl (C=O) groups is 2. The molecule has 0 aliphatic heterocycles. The quantitative estimate of drug-likeness (QED) is 0.172. The van der Waals surface area contributed by atoms with E-state index in [0.29, 0.717) is 13.2 Å². The molecular weight excluding hydrogens is 428 g/mol. The zero-order valence-electron chi connectivity index (χ0n) is 20.4.